The van der Waals surface area contributed by atoms with Crippen LogP contribution in [0.4, 0.5) is 0 Å². The second kappa shape index (κ2) is 16.7. The number of benzene rings is 3. The molecule has 0 aliphatic carbocycles. The van der Waals surface area contributed by atoms with Gasteiger partial charge in [0.15, 0.2) is 0 Å². The minimum absolute atomic E-state index is 0.127. The molecule has 0 amide bonds. The van der Waals surface area contributed by atoms with Crippen LogP contribution in [0.2, 0.25) is 15.1 Å². The van der Waals surface area contributed by atoms with Gasteiger partial charge in [-0.15, -0.1) is 0 Å². The van der Waals surface area contributed by atoms with E-state index in [9.17, 15) is 10.2 Å². The second-order valence-electron chi connectivity index (χ2n) is 11.7. The van der Waals surface area contributed by atoms with Crippen LogP contribution in [0, 0.1) is 11.3 Å². The van der Waals surface area contributed by atoms with E-state index in [-0.39, 0.29) is 26.4 Å². The summed E-state index contributed by atoms with van der Waals surface area (Å²) in [5.41, 5.74) is 9.08. The van der Waals surface area contributed by atoms with E-state index in [1.54, 1.807) is 24.4 Å². The minimum atomic E-state index is -0.959. The summed E-state index contributed by atoms with van der Waals surface area (Å²) in [5, 5.41) is 30.1. The first-order valence-electron chi connectivity index (χ1n) is 15.6. The van der Waals surface area contributed by atoms with Crippen molar-refractivity contribution in [1.29, 1.82) is 5.26 Å². The van der Waals surface area contributed by atoms with Crippen molar-refractivity contribution >= 4 is 34.8 Å². The summed E-state index contributed by atoms with van der Waals surface area (Å²) in [4.78, 5) is 6.34. The third kappa shape index (κ3) is 8.90. The summed E-state index contributed by atoms with van der Waals surface area (Å²) in [6.45, 7) is 3.10. The smallest absolute Gasteiger partial charge is 0.142 e. The van der Waals surface area contributed by atoms with Crippen LogP contribution in [0.25, 0.3) is 11.1 Å². The number of hydrogen-bond acceptors (Lipinski definition) is 9. The Morgan fingerprint density at radius 1 is 0.875 bits per heavy atom. The van der Waals surface area contributed by atoms with E-state index in [0.29, 0.717) is 62.9 Å². The number of ether oxygens (including phenoxy) is 3. The molecule has 0 saturated carbocycles. The number of pyridine rings is 1. The van der Waals surface area contributed by atoms with E-state index < -0.39 is 5.60 Å². The number of aliphatic hydroxyl groups is 2. The molecule has 0 bridgehead atoms. The highest BCUT2D eigenvalue weighted by Crippen LogP contribution is 2.40. The van der Waals surface area contributed by atoms with Crippen LogP contribution < -0.4 is 19.9 Å². The van der Waals surface area contributed by atoms with Crippen molar-refractivity contribution in [3.63, 3.8) is 0 Å². The van der Waals surface area contributed by atoms with E-state index in [1.165, 1.54) is 6.20 Å². The Kier molecular flexibility index (Phi) is 12.4. The van der Waals surface area contributed by atoms with Crippen molar-refractivity contribution in [1.82, 2.24) is 9.88 Å². The molecule has 12 heteroatoms. The monoisotopic (exact) mass is 710 g/mol. The summed E-state index contributed by atoms with van der Waals surface area (Å²) >= 11 is 20.3. The zero-order chi connectivity index (χ0) is 34.1. The molecule has 0 unspecified atom stereocenters. The summed E-state index contributed by atoms with van der Waals surface area (Å²) in [7, 11) is 0. The van der Waals surface area contributed by atoms with E-state index in [4.69, 9.17) is 60.0 Å². The lowest BCUT2D eigenvalue weighted by Gasteiger charge is -2.36. The fourth-order valence-corrected chi connectivity index (χ4v) is 6.28. The number of likely N-dealkylation sites (tertiary alicyclic amines) is 1. The first-order chi connectivity index (χ1) is 23.2. The fraction of sp³-hybridized carbons (Fsp3) is 0.333. The van der Waals surface area contributed by atoms with E-state index in [1.807, 2.05) is 36.4 Å². The lowest BCUT2D eigenvalue weighted by atomic mass is 9.92. The predicted octanol–water partition coefficient (Wildman–Crippen LogP) is 6.79. The third-order valence-corrected chi connectivity index (χ3v) is 9.46. The van der Waals surface area contributed by atoms with Gasteiger partial charge < -0.3 is 35.1 Å². The van der Waals surface area contributed by atoms with Gasteiger partial charge in [-0.3, -0.25) is 4.98 Å². The van der Waals surface area contributed by atoms with Crippen LogP contribution in [-0.2, 0) is 19.8 Å². The molecular weight excluding hydrogens is 675 g/mol. The standard InChI is InChI=1S/C36H37Cl3N4O5/c37-30-15-27(18-41)32(47-21-25-14-24(17-40)19-42-20-25)16-33(30)48-22-26-4-1-5-28(34(26)38)29-6-2-7-31(35(29)39)46-13-3-10-43-11-8-36(45,23-44)9-12-43/h1-2,4-7,14-16,19-20,44-45H,3,8-13,18,21-23,41H2. The van der Waals surface area contributed by atoms with Crippen LogP contribution in [0.15, 0.2) is 67.0 Å². The van der Waals surface area contributed by atoms with Crippen LogP contribution in [0.3, 0.4) is 0 Å². The molecule has 4 aromatic rings. The summed E-state index contributed by atoms with van der Waals surface area (Å²) < 4.78 is 18.2. The van der Waals surface area contributed by atoms with Gasteiger partial charge in [-0.1, -0.05) is 65.1 Å². The number of nitrogens with two attached hydrogens (primary N) is 1. The number of hydrogen-bond donors (Lipinski definition) is 3. The molecule has 9 nitrogen and oxygen atoms in total. The Balaban J connectivity index is 1.23. The second-order valence-corrected chi connectivity index (χ2v) is 12.9. The molecule has 2 heterocycles. The SMILES string of the molecule is N#Cc1cncc(COc2cc(OCc3cccc(-c4cccc(OCCCN5CCC(O)(CO)CC5)c4Cl)c3Cl)c(Cl)cc2CN)c1. The van der Waals surface area contributed by atoms with E-state index >= 15 is 0 Å². The number of nitrogens with zero attached hydrogens (tertiary/aromatic N) is 3. The molecule has 1 aromatic heterocycles. The van der Waals surface area contributed by atoms with Crippen molar-refractivity contribution < 1.29 is 24.4 Å². The molecule has 1 aliphatic heterocycles. The number of aliphatic hydroxyl groups excluding tert-OH is 1. The molecule has 252 valence electrons. The topological polar surface area (TPSA) is 134 Å². The van der Waals surface area contributed by atoms with E-state index in [0.717, 1.165) is 48.3 Å². The Bertz CT molecular complexity index is 1760. The molecule has 3 aromatic carbocycles. The summed E-state index contributed by atoms with van der Waals surface area (Å²) in [6, 6.07) is 18.4. The quantitative estimate of drug-likeness (QED) is 0.121. The molecule has 1 saturated heterocycles. The van der Waals surface area contributed by atoms with Gasteiger partial charge in [0, 0.05) is 72.5 Å². The Morgan fingerprint density at radius 2 is 1.60 bits per heavy atom. The fourth-order valence-electron chi connectivity index (χ4n) is 5.48. The zero-order valence-electron chi connectivity index (χ0n) is 26.3. The van der Waals surface area contributed by atoms with Crippen molar-refractivity contribution in [3.05, 3.63) is 104 Å². The van der Waals surface area contributed by atoms with Gasteiger partial charge in [-0.05, 0) is 37.5 Å². The van der Waals surface area contributed by atoms with Gasteiger partial charge in [0.1, 0.15) is 36.5 Å². The average Bonchev–Trinajstić information content (AvgIpc) is 3.11. The number of halogens is 3. The molecule has 0 atom stereocenters. The zero-order valence-corrected chi connectivity index (χ0v) is 28.6. The van der Waals surface area contributed by atoms with Crippen LogP contribution in [-0.4, -0.2) is 58.5 Å². The van der Waals surface area contributed by atoms with E-state index in [2.05, 4.69) is 16.0 Å². The van der Waals surface area contributed by atoms with Crippen molar-refractivity contribution in [2.75, 3.05) is 32.8 Å². The molecule has 48 heavy (non-hydrogen) atoms. The maximum Gasteiger partial charge on any atom is 0.142 e. The number of piperidine rings is 1. The first kappa shape index (κ1) is 35.7. The van der Waals surface area contributed by atoms with Crippen molar-refractivity contribution in [2.24, 2.45) is 5.73 Å². The van der Waals surface area contributed by atoms with Crippen LogP contribution in [0.1, 0.15) is 41.5 Å². The van der Waals surface area contributed by atoms with Gasteiger partial charge in [0.25, 0.3) is 0 Å². The molecule has 4 N–H and O–H groups in total. The molecule has 1 fully saturated rings. The molecule has 0 spiro atoms. The molecule has 0 radical (unpaired) electrons. The van der Waals surface area contributed by atoms with Crippen molar-refractivity contribution in [3.8, 4) is 34.4 Å². The normalized spacial score (nSPS) is 14.4. The highest BCUT2D eigenvalue weighted by molar-refractivity contribution is 6.37. The van der Waals surface area contributed by atoms with Gasteiger partial charge in [0.2, 0.25) is 0 Å². The number of rotatable bonds is 14. The lowest BCUT2D eigenvalue weighted by molar-refractivity contribution is -0.0596. The Hall–Kier alpha value is -3.59. The van der Waals surface area contributed by atoms with Gasteiger partial charge >= 0.3 is 0 Å². The third-order valence-electron chi connectivity index (χ3n) is 8.33. The van der Waals surface area contributed by atoms with Gasteiger partial charge in [-0.25, -0.2) is 0 Å². The minimum Gasteiger partial charge on any atom is -0.492 e. The molecular formula is C36H37Cl3N4O5. The predicted molar refractivity (Wildman–Crippen MR) is 187 cm³/mol. The van der Waals surface area contributed by atoms with Gasteiger partial charge in [-0.2, -0.15) is 5.26 Å². The van der Waals surface area contributed by atoms with Crippen LogP contribution in [0.5, 0.6) is 17.2 Å². The average molecular weight is 712 g/mol. The van der Waals surface area contributed by atoms with Gasteiger partial charge in [0.05, 0.1) is 39.4 Å². The Morgan fingerprint density at radius 3 is 2.33 bits per heavy atom. The highest BCUT2D eigenvalue weighted by atomic mass is 35.5. The summed E-state index contributed by atoms with van der Waals surface area (Å²) in [6.07, 6.45) is 5.04. The maximum absolute atomic E-state index is 10.2. The first-order valence-corrected chi connectivity index (χ1v) is 16.7. The lowest BCUT2D eigenvalue weighted by Crippen LogP contribution is -2.46. The number of nitriles is 1. The highest BCUT2D eigenvalue weighted by Gasteiger charge is 2.31. The maximum atomic E-state index is 10.2. The van der Waals surface area contributed by atoms with Crippen LogP contribution >= 0.6 is 34.8 Å². The molecule has 1 aliphatic rings. The molecule has 5 rings (SSSR count). The number of aromatic nitrogens is 1. The van der Waals surface area contributed by atoms with Crippen molar-refractivity contribution in [2.45, 2.75) is 44.6 Å². The summed E-state index contributed by atoms with van der Waals surface area (Å²) in [5.74, 6) is 1.47. The Labute approximate surface area is 295 Å². The largest absolute Gasteiger partial charge is 0.492 e.